The van der Waals surface area contributed by atoms with Crippen LogP contribution in [0.2, 0.25) is 0 Å². The van der Waals surface area contributed by atoms with Crippen molar-refractivity contribution in [3.8, 4) is 0 Å². The molecular weight excluding hydrogens is 287 g/mol. The molecule has 0 aliphatic carbocycles. The minimum atomic E-state index is -4.57. The first-order valence-corrected chi connectivity index (χ1v) is 5.39. The molecule has 16 heavy (non-hydrogen) atoms. The highest BCUT2D eigenvalue weighted by molar-refractivity contribution is 9.10. The highest BCUT2D eigenvalue weighted by Gasteiger charge is 2.37. The van der Waals surface area contributed by atoms with Crippen molar-refractivity contribution >= 4 is 15.9 Å². The van der Waals surface area contributed by atoms with Crippen LogP contribution in [0.1, 0.15) is 5.56 Å². The van der Waals surface area contributed by atoms with Crippen LogP contribution in [-0.2, 0) is 6.54 Å². The molecular formula is C10H11BrF3NO. The second-order valence-electron chi connectivity index (χ2n) is 3.28. The summed E-state index contributed by atoms with van der Waals surface area (Å²) in [6, 6.07) is 7.20. The highest BCUT2D eigenvalue weighted by Crippen LogP contribution is 2.20. The number of aliphatic hydroxyl groups excluding tert-OH is 1. The fourth-order valence-electron chi connectivity index (χ4n) is 1.10. The fourth-order valence-corrected chi connectivity index (χ4v) is 1.53. The first-order valence-electron chi connectivity index (χ1n) is 4.60. The second kappa shape index (κ2) is 5.65. The summed E-state index contributed by atoms with van der Waals surface area (Å²) >= 11 is 3.28. The summed E-state index contributed by atoms with van der Waals surface area (Å²) < 4.78 is 36.7. The van der Waals surface area contributed by atoms with Crippen LogP contribution in [0.4, 0.5) is 13.2 Å². The molecule has 0 spiro atoms. The first-order chi connectivity index (χ1) is 7.41. The van der Waals surface area contributed by atoms with E-state index in [2.05, 4.69) is 21.2 Å². The third-order valence-corrected chi connectivity index (χ3v) is 2.76. The summed E-state index contributed by atoms with van der Waals surface area (Å²) in [6.07, 6.45) is -6.89. The molecule has 2 nitrogen and oxygen atoms in total. The van der Waals surface area contributed by atoms with Crippen molar-refractivity contribution in [2.24, 2.45) is 0 Å². The largest absolute Gasteiger partial charge is 0.415 e. The zero-order chi connectivity index (χ0) is 12.2. The summed E-state index contributed by atoms with van der Waals surface area (Å²) in [5, 5.41) is 11.3. The van der Waals surface area contributed by atoms with Gasteiger partial charge in [-0.1, -0.05) is 34.1 Å². The van der Waals surface area contributed by atoms with Gasteiger partial charge in [-0.3, -0.25) is 0 Å². The molecule has 0 unspecified atom stereocenters. The van der Waals surface area contributed by atoms with Gasteiger partial charge >= 0.3 is 6.18 Å². The molecule has 1 aromatic carbocycles. The molecule has 2 N–H and O–H groups in total. The van der Waals surface area contributed by atoms with Gasteiger partial charge in [0.15, 0.2) is 6.10 Å². The molecule has 1 aromatic rings. The molecule has 0 aliphatic rings. The average molecular weight is 298 g/mol. The summed E-state index contributed by atoms with van der Waals surface area (Å²) in [7, 11) is 0. The molecule has 1 atom stereocenters. The smallest absolute Gasteiger partial charge is 0.382 e. The number of halogens is 4. The van der Waals surface area contributed by atoms with E-state index < -0.39 is 18.8 Å². The minimum Gasteiger partial charge on any atom is -0.382 e. The number of hydrogen-bond donors (Lipinski definition) is 2. The van der Waals surface area contributed by atoms with Crippen LogP contribution >= 0.6 is 15.9 Å². The quantitative estimate of drug-likeness (QED) is 0.895. The topological polar surface area (TPSA) is 32.3 Å². The molecule has 0 saturated carbocycles. The van der Waals surface area contributed by atoms with E-state index in [1.165, 1.54) is 0 Å². The van der Waals surface area contributed by atoms with Gasteiger partial charge in [-0.15, -0.1) is 0 Å². The Labute approximate surface area is 99.6 Å². The van der Waals surface area contributed by atoms with E-state index in [1.54, 1.807) is 18.2 Å². The summed E-state index contributed by atoms with van der Waals surface area (Å²) in [5.74, 6) is 0. The molecule has 0 amide bonds. The van der Waals surface area contributed by atoms with Gasteiger partial charge in [0.2, 0.25) is 0 Å². The van der Waals surface area contributed by atoms with Gasteiger partial charge in [-0.05, 0) is 11.6 Å². The van der Waals surface area contributed by atoms with E-state index in [4.69, 9.17) is 5.11 Å². The predicted molar refractivity (Wildman–Crippen MR) is 57.9 cm³/mol. The van der Waals surface area contributed by atoms with Crippen molar-refractivity contribution in [1.82, 2.24) is 5.32 Å². The maximum absolute atomic E-state index is 12.0. The molecule has 1 rings (SSSR count). The van der Waals surface area contributed by atoms with E-state index in [0.717, 1.165) is 10.0 Å². The second-order valence-corrected chi connectivity index (χ2v) is 4.13. The van der Waals surface area contributed by atoms with E-state index in [9.17, 15) is 13.2 Å². The molecule has 90 valence electrons. The van der Waals surface area contributed by atoms with Crippen LogP contribution in [0.3, 0.4) is 0 Å². The maximum Gasteiger partial charge on any atom is 0.415 e. The van der Waals surface area contributed by atoms with Crippen LogP contribution < -0.4 is 5.32 Å². The van der Waals surface area contributed by atoms with Crippen molar-refractivity contribution in [3.05, 3.63) is 34.3 Å². The lowest BCUT2D eigenvalue weighted by atomic mass is 10.2. The molecule has 0 heterocycles. The van der Waals surface area contributed by atoms with Gasteiger partial charge < -0.3 is 10.4 Å². The third kappa shape index (κ3) is 4.11. The molecule has 6 heteroatoms. The van der Waals surface area contributed by atoms with E-state index in [1.807, 2.05) is 6.07 Å². The third-order valence-electron chi connectivity index (χ3n) is 1.99. The zero-order valence-electron chi connectivity index (χ0n) is 8.26. The number of nitrogens with one attached hydrogen (secondary N) is 1. The Bertz CT molecular complexity index is 343. The number of alkyl halides is 3. The summed E-state index contributed by atoms with van der Waals surface area (Å²) in [6.45, 7) is -0.237. The standard InChI is InChI=1S/C10H11BrF3NO/c11-8-4-2-1-3-7(8)5-15-6-9(16)10(12,13)14/h1-4,9,15-16H,5-6H2/t9-/m0/s1. The van der Waals surface area contributed by atoms with Crippen LogP contribution in [0.25, 0.3) is 0 Å². The van der Waals surface area contributed by atoms with Crippen molar-refractivity contribution < 1.29 is 18.3 Å². The lowest BCUT2D eigenvalue weighted by molar-refractivity contribution is -0.201. The van der Waals surface area contributed by atoms with E-state index in [0.29, 0.717) is 0 Å². The van der Waals surface area contributed by atoms with Gasteiger partial charge in [-0.25, -0.2) is 0 Å². The van der Waals surface area contributed by atoms with Crippen molar-refractivity contribution in [3.63, 3.8) is 0 Å². The van der Waals surface area contributed by atoms with Crippen LogP contribution in [0.15, 0.2) is 28.7 Å². The van der Waals surface area contributed by atoms with Crippen LogP contribution in [0, 0.1) is 0 Å². The molecule has 0 bridgehead atoms. The molecule has 0 saturated heterocycles. The van der Waals surface area contributed by atoms with Crippen LogP contribution in [0.5, 0.6) is 0 Å². The van der Waals surface area contributed by atoms with E-state index in [-0.39, 0.29) is 6.54 Å². The summed E-state index contributed by atoms with van der Waals surface area (Å²) in [4.78, 5) is 0. The zero-order valence-corrected chi connectivity index (χ0v) is 9.85. The Balaban J connectivity index is 2.40. The van der Waals surface area contributed by atoms with E-state index >= 15 is 0 Å². The fraction of sp³-hybridized carbons (Fsp3) is 0.400. The Morgan fingerprint density at radius 3 is 2.50 bits per heavy atom. The van der Waals surface area contributed by atoms with Gasteiger partial charge in [-0.2, -0.15) is 13.2 Å². The Kier molecular flexibility index (Phi) is 4.76. The van der Waals surface area contributed by atoms with Crippen molar-refractivity contribution in [2.75, 3.05) is 6.54 Å². The molecule has 0 fully saturated rings. The van der Waals surface area contributed by atoms with Gasteiger partial charge in [0.1, 0.15) is 0 Å². The van der Waals surface area contributed by atoms with Gasteiger partial charge in [0.05, 0.1) is 0 Å². The maximum atomic E-state index is 12.0. The summed E-state index contributed by atoms with van der Waals surface area (Å²) in [5.41, 5.74) is 0.844. The van der Waals surface area contributed by atoms with Crippen LogP contribution in [-0.4, -0.2) is 23.9 Å². The molecule has 0 aliphatic heterocycles. The van der Waals surface area contributed by atoms with Gasteiger partial charge in [0.25, 0.3) is 0 Å². The number of benzene rings is 1. The first kappa shape index (κ1) is 13.5. The minimum absolute atomic E-state index is 0.272. The number of aliphatic hydroxyl groups is 1. The Morgan fingerprint density at radius 1 is 1.31 bits per heavy atom. The monoisotopic (exact) mass is 297 g/mol. The van der Waals surface area contributed by atoms with Crippen molar-refractivity contribution in [2.45, 2.75) is 18.8 Å². The van der Waals surface area contributed by atoms with Crippen molar-refractivity contribution in [1.29, 1.82) is 0 Å². The molecule has 0 radical (unpaired) electrons. The lowest BCUT2D eigenvalue weighted by Crippen LogP contribution is -2.38. The average Bonchev–Trinajstić information content (AvgIpc) is 2.19. The predicted octanol–water partition coefficient (Wildman–Crippen LogP) is 2.46. The lowest BCUT2D eigenvalue weighted by Gasteiger charge is -2.15. The number of rotatable bonds is 4. The Hall–Kier alpha value is -0.590. The highest BCUT2D eigenvalue weighted by atomic mass is 79.9. The Morgan fingerprint density at radius 2 is 1.94 bits per heavy atom. The normalized spacial score (nSPS) is 13.8. The number of hydrogen-bond acceptors (Lipinski definition) is 2. The SMILES string of the molecule is O[C@@H](CNCc1ccccc1Br)C(F)(F)F. The van der Waals surface area contributed by atoms with Gasteiger partial charge in [0, 0.05) is 17.6 Å². The molecule has 0 aromatic heterocycles.